The highest BCUT2D eigenvalue weighted by atomic mass is 16.6. The molecule has 0 aromatic heterocycles. The number of rotatable bonds is 2. The summed E-state index contributed by atoms with van der Waals surface area (Å²) < 4.78 is 11.7. The molecule has 1 spiro atoms. The van der Waals surface area contributed by atoms with Crippen LogP contribution in [0.25, 0.3) is 0 Å². The third-order valence-corrected chi connectivity index (χ3v) is 4.66. The zero-order valence-corrected chi connectivity index (χ0v) is 12.6. The highest BCUT2D eigenvalue weighted by Crippen LogP contribution is 2.40. The van der Waals surface area contributed by atoms with Gasteiger partial charge >= 0.3 is 5.97 Å². The molecule has 1 atom stereocenters. The first-order valence-electron chi connectivity index (χ1n) is 7.79. The Labute approximate surface area is 125 Å². The molecule has 4 nitrogen and oxygen atoms in total. The quantitative estimate of drug-likeness (QED) is 0.670. The van der Waals surface area contributed by atoms with Crippen molar-refractivity contribution in [2.75, 3.05) is 12.3 Å². The maximum atomic E-state index is 12.3. The molecule has 1 unspecified atom stereocenters. The molecule has 21 heavy (non-hydrogen) atoms. The molecule has 2 N–H and O–H groups in total. The van der Waals surface area contributed by atoms with Crippen molar-refractivity contribution in [3.8, 4) is 0 Å². The molecule has 0 radical (unpaired) electrons. The number of hydrogen-bond donors (Lipinski definition) is 1. The van der Waals surface area contributed by atoms with Gasteiger partial charge in [0.1, 0.15) is 6.10 Å². The summed E-state index contributed by atoms with van der Waals surface area (Å²) in [7, 11) is 0. The molecule has 1 aliphatic heterocycles. The fourth-order valence-corrected chi connectivity index (χ4v) is 3.51. The van der Waals surface area contributed by atoms with E-state index in [1.807, 2.05) is 13.0 Å². The first-order chi connectivity index (χ1) is 10.1. The minimum absolute atomic E-state index is 0.0403. The topological polar surface area (TPSA) is 61.6 Å². The number of carbonyl (C=O) groups excluding carboxylic acids is 1. The largest absolute Gasteiger partial charge is 0.459 e. The number of aryl methyl sites for hydroxylation is 1. The molecule has 4 heteroatoms. The van der Waals surface area contributed by atoms with Crippen molar-refractivity contribution in [3.63, 3.8) is 0 Å². The van der Waals surface area contributed by atoms with E-state index in [9.17, 15) is 4.79 Å². The van der Waals surface area contributed by atoms with Crippen LogP contribution in [0.3, 0.4) is 0 Å². The monoisotopic (exact) mass is 289 g/mol. The van der Waals surface area contributed by atoms with E-state index in [2.05, 4.69) is 0 Å². The van der Waals surface area contributed by atoms with Crippen LogP contribution < -0.4 is 5.73 Å². The van der Waals surface area contributed by atoms with Gasteiger partial charge in [0.05, 0.1) is 17.8 Å². The van der Waals surface area contributed by atoms with Gasteiger partial charge in [-0.1, -0.05) is 24.5 Å². The van der Waals surface area contributed by atoms with Crippen LogP contribution in [0.1, 0.15) is 54.4 Å². The van der Waals surface area contributed by atoms with Crippen molar-refractivity contribution in [2.45, 2.75) is 57.2 Å². The first kappa shape index (κ1) is 14.4. The maximum Gasteiger partial charge on any atom is 0.340 e. The zero-order valence-electron chi connectivity index (χ0n) is 12.6. The van der Waals surface area contributed by atoms with Crippen LogP contribution in [0, 0.1) is 6.92 Å². The summed E-state index contributed by atoms with van der Waals surface area (Å²) in [4.78, 5) is 12.3. The molecule has 114 valence electrons. The minimum atomic E-state index is -0.309. The molecule has 1 saturated carbocycles. The van der Waals surface area contributed by atoms with E-state index in [-0.39, 0.29) is 17.7 Å². The molecular formula is C17H23NO3. The van der Waals surface area contributed by atoms with Gasteiger partial charge in [-0.2, -0.15) is 0 Å². The Morgan fingerprint density at radius 1 is 1.38 bits per heavy atom. The smallest absolute Gasteiger partial charge is 0.340 e. The molecular weight excluding hydrogens is 266 g/mol. The standard InChI is InChI=1S/C17H23NO3/c1-12-4-5-15(18)14(10-12)16(19)21-13-6-9-20-17(11-13)7-2-3-8-17/h4-5,10,13H,2-3,6-9,11,18H2,1H3. The lowest BCUT2D eigenvalue weighted by atomic mass is 9.90. The van der Waals surface area contributed by atoms with E-state index in [0.717, 1.165) is 31.2 Å². The second kappa shape index (κ2) is 5.68. The van der Waals surface area contributed by atoms with Crippen molar-refractivity contribution >= 4 is 11.7 Å². The Morgan fingerprint density at radius 3 is 2.90 bits per heavy atom. The fraction of sp³-hybridized carbons (Fsp3) is 0.588. The molecule has 0 amide bonds. The summed E-state index contributed by atoms with van der Waals surface area (Å²) in [6.45, 7) is 2.62. The number of nitrogens with two attached hydrogens (primary N) is 1. The average Bonchev–Trinajstić information content (AvgIpc) is 2.89. The number of anilines is 1. The molecule has 1 aromatic carbocycles. The number of nitrogen functional groups attached to an aromatic ring is 1. The second-order valence-corrected chi connectivity index (χ2v) is 6.35. The predicted octanol–water partition coefficient (Wildman–Crippen LogP) is 3.23. The Hall–Kier alpha value is -1.55. The highest BCUT2D eigenvalue weighted by molar-refractivity contribution is 5.95. The van der Waals surface area contributed by atoms with Gasteiger partial charge in [-0.15, -0.1) is 0 Å². The van der Waals surface area contributed by atoms with Crippen molar-refractivity contribution in [1.82, 2.24) is 0 Å². The Balaban J connectivity index is 1.68. The molecule has 1 saturated heterocycles. The van der Waals surface area contributed by atoms with Crippen molar-refractivity contribution in [3.05, 3.63) is 29.3 Å². The van der Waals surface area contributed by atoms with Gasteiger partial charge in [0, 0.05) is 18.5 Å². The van der Waals surface area contributed by atoms with Gasteiger partial charge in [0.25, 0.3) is 0 Å². The minimum Gasteiger partial charge on any atom is -0.459 e. The van der Waals surface area contributed by atoms with E-state index < -0.39 is 0 Å². The van der Waals surface area contributed by atoms with E-state index in [0.29, 0.717) is 17.9 Å². The first-order valence-corrected chi connectivity index (χ1v) is 7.79. The van der Waals surface area contributed by atoms with Gasteiger partial charge < -0.3 is 15.2 Å². The van der Waals surface area contributed by atoms with E-state index >= 15 is 0 Å². The predicted molar refractivity (Wildman–Crippen MR) is 81.2 cm³/mol. The summed E-state index contributed by atoms with van der Waals surface area (Å²) in [6, 6.07) is 5.45. The Bertz CT molecular complexity index is 535. The normalized spacial score (nSPS) is 24.1. The van der Waals surface area contributed by atoms with Crippen LogP contribution in [0.5, 0.6) is 0 Å². The fourth-order valence-electron chi connectivity index (χ4n) is 3.51. The molecule has 2 aliphatic rings. The van der Waals surface area contributed by atoms with Crippen molar-refractivity contribution in [2.24, 2.45) is 0 Å². The van der Waals surface area contributed by atoms with Crippen molar-refractivity contribution < 1.29 is 14.3 Å². The Morgan fingerprint density at radius 2 is 2.14 bits per heavy atom. The van der Waals surface area contributed by atoms with Gasteiger partial charge in [-0.25, -0.2) is 4.79 Å². The lowest BCUT2D eigenvalue weighted by Gasteiger charge is -2.37. The second-order valence-electron chi connectivity index (χ2n) is 6.35. The van der Waals surface area contributed by atoms with Gasteiger partial charge in [0.15, 0.2) is 0 Å². The van der Waals surface area contributed by atoms with Gasteiger partial charge in [0.2, 0.25) is 0 Å². The van der Waals surface area contributed by atoms with E-state index in [4.69, 9.17) is 15.2 Å². The van der Waals surface area contributed by atoms with Gasteiger partial charge in [-0.3, -0.25) is 0 Å². The molecule has 2 fully saturated rings. The summed E-state index contributed by atoms with van der Waals surface area (Å²) in [6.07, 6.45) is 6.16. The van der Waals surface area contributed by atoms with Crippen molar-refractivity contribution in [1.29, 1.82) is 0 Å². The highest BCUT2D eigenvalue weighted by Gasteiger charge is 2.41. The molecule has 1 aliphatic carbocycles. The number of benzene rings is 1. The van der Waals surface area contributed by atoms with Gasteiger partial charge in [-0.05, 0) is 31.9 Å². The summed E-state index contributed by atoms with van der Waals surface area (Å²) in [5.74, 6) is -0.309. The summed E-state index contributed by atoms with van der Waals surface area (Å²) >= 11 is 0. The van der Waals surface area contributed by atoms with Crippen LogP contribution >= 0.6 is 0 Å². The lowest BCUT2D eigenvalue weighted by Crippen LogP contribution is -2.41. The van der Waals surface area contributed by atoms with Crippen LogP contribution in [0.2, 0.25) is 0 Å². The number of carbonyl (C=O) groups is 1. The van der Waals surface area contributed by atoms with E-state index in [1.54, 1.807) is 12.1 Å². The summed E-state index contributed by atoms with van der Waals surface area (Å²) in [5.41, 5.74) is 7.81. The lowest BCUT2D eigenvalue weighted by molar-refractivity contribution is -0.117. The van der Waals surface area contributed by atoms with E-state index in [1.165, 1.54) is 12.8 Å². The average molecular weight is 289 g/mol. The maximum absolute atomic E-state index is 12.3. The molecule has 1 heterocycles. The molecule has 0 bridgehead atoms. The number of ether oxygens (including phenoxy) is 2. The van der Waals surface area contributed by atoms with Crippen LogP contribution in [0.15, 0.2) is 18.2 Å². The number of esters is 1. The zero-order chi connectivity index (χ0) is 14.9. The SMILES string of the molecule is Cc1ccc(N)c(C(=O)OC2CCOC3(CCCC3)C2)c1. The molecule has 3 rings (SSSR count). The third-order valence-electron chi connectivity index (χ3n) is 4.66. The van der Waals surface area contributed by atoms with Crippen LogP contribution in [-0.2, 0) is 9.47 Å². The van der Waals surface area contributed by atoms with Crippen LogP contribution in [0.4, 0.5) is 5.69 Å². The third kappa shape index (κ3) is 3.05. The molecule has 1 aromatic rings. The van der Waals surface area contributed by atoms with Crippen LogP contribution in [-0.4, -0.2) is 24.3 Å². The summed E-state index contributed by atoms with van der Waals surface area (Å²) in [5, 5.41) is 0. The Kier molecular flexibility index (Phi) is 3.89. The number of hydrogen-bond acceptors (Lipinski definition) is 4.